The number of aliphatic hydroxyl groups excluding tert-OH is 1. The lowest BCUT2D eigenvalue weighted by Gasteiger charge is -2.41. The fourth-order valence-electron chi connectivity index (χ4n) is 7.74. The molecule has 1 aliphatic carbocycles. The first-order valence-electron chi connectivity index (χ1n) is 15.3. The van der Waals surface area contributed by atoms with Gasteiger partial charge in [-0.1, -0.05) is 51.2 Å². The maximum absolute atomic E-state index is 14.6. The first-order valence-corrected chi connectivity index (χ1v) is 16.2. The van der Waals surface area contributed by atoms with Crippen LogP contribution in [-0.2, 0) is 14.4 Å². The van der Waals surface area contributed by atoms with E-state index in [-0.39, 0.29) is 41.5 Å². The van der Waals surface area contributed by atoms with Crippen LogP contribution in [0.25, 0.3) is 0 Å². The number of aliphatic hydroxyl groups is 1. The Kier molecular flexibility index (Phi) is 10.6. The first kappa shape index (κ1) is 30.2. The van der Waals surface area contributed by atoms with Crippen molar-refractivity contribution in [2.24, 2.45) is 11.8 Å². The predicted molar refractivity (Wildman–Crippen MR) is 157 cm³/mol. The van der Waals surface area contributed by atoms with Crippen LogP contribution in [0.4, 0.5) is 0 Å². The number of nitrogens with zero attached hydrogens (tertiary/aromatic N) is 3. The van der Waals surface area contributed by atoms with Crippen LogP contribution in [0.3, 0.4) is 0 Å². The molecule has 2 unspecified atom stereocenters. The number of carbonyl (C=O) groups excluding carboxylic acids is 3. The summed E-state index contributed by atoms with van der Waals surface area (Å²) >= 11 is 1.77. The molecule has 0 radical (unpaired) electrons. The average Bonchev–Trinajstić information content (AvgIpc) is 3.58. The fraction of sp³-hybridized carbons (Fsp3) is 0.774. The molecule has 1 saturated carbocycles. The molecule has 5 atom stereocenters. The van der Waals surface area contributed by atoms with E-state index in [0.29, 0.717) is 26.2 Å². The quantitative estimate of drug-likeness (QED) is 0.238. The van der Waals surface area contributed by atoms with E-state index < -0.39 is 16.7 Å². The molecule has 4 rings (SSSR count). The Morgan fingerprint density at radius 3 is 2.44 bits per heavy atom. The monoisotopic (exact) mass is 559 g/mol. The van der Waals surface area contributed by atoms with E-state index in [4.69, 9.17) is 0 Å². The third-order valence-electron chi connectivity index (χ3n) is 9.41. The highest BCUT2D eigenvalue weighted by molar-refractivity contribution is 8.02. The van der Waals surface area contributed by atoms with Crippen molar-refractivity contribution in [2.75, 3.05) is 32.8 Å². The highest BCUT2D eigenvalue weighted by atomic mass is 32.2. The Bertz CT molecular complexity index is 906. The van der Waals surface area contributed by atoms with E-state index in [1.165, 1.54) is 6.42 Å². The summed E-state index contributed by atoms with van der Waals surface area (Å²) in [4.78, 5) is 48.6. The maximum atomic E-state index is 14.6. The second kappa shape index (κ2) is 13.7. The van der Waals surface area contributed by atoms with Gasteiger partial charge in [0.2, 0.25) is 17.7 Å². The van der Waals surface area contributed by atoms with E-state index in [9.17, 15) is 19.5 Å². The predicted octanol–water partition coefficient (Wildman–Crippen LogP) is 4.40. The summed E-state index contributed by atoms with van der Waals surface area (Å²) in [6.07, 6.45) is 15.0. The zero-order chi connectivity index (χ0) is 28.0. The second-order valence-electron chi connectivity index (χ2n) is 11.9. The van der Waals surface area contributed by atoms with Crippen molar-refractivity contribution in [2.45, 2.75) is 106 Å². The molecule has 4 aliphatic rings. The maximum Gasteiger partial charge on any atom is 0.247 e. The highest BCUT2D eigenvalue weighted by Crippen LogP contribution is 2.66. The fourth-order valence-corrected chi connectivity index (χ4v) is 9.94. The summed E-state index contributed by atoms with van der Waals surface area (Å²) in [6, 6.07) is -0.337. The molecular weight excluding hydrogens is 510 g/mol. The van der Waals surface area contributed by atoms with Crippen molar-refractivity contribution < 1.29 is 19.5 Å². The summed E-state index contributed by atoms with van der Waals surface area (Å²) in [7, 11) is 0. The molecule has 39 heavy (non-hydrogen) atoms. The second-order valence-corrected chi connectivity index (χ2v) is 13.5. The van der Waals surface area contributed by atoms with Crippen molar-refractivity contribution in [3.63, 3.8) is 0 Å². The number of unbranched alkanes of at least 4 members (excludes halogenated alkanes) is 3. The topological polar surface area (TPSA) is 81.2 Å². The Balaban J connectivity index is 1.66. The first-order chi connectivity index (χ1) is 18.9. The summed E-state index contributed by atoms with van der Waals surface area (Å²) in [6.45, 7) is 12.2. The molecule has 0 aromatic heterocycles. The van der Waals surface area contributed by atoms with Gasteiger partial charge < -0.3 is 19.8 Å². The van der Waals surface area contributed by atoms with E-state index in [1.807, 2.05) is 20.8 Å². The highest BCUT2D eigenvalue weighted by Gasteiger charge is 2.74. The molecule has 3 saturated heterocycles. The standard InChI is InChI=1S/C31H49N3O4S/c1-4-18-32(19-5-2)28(36)25-24-16-17-31(39-24)26(25)29(37)34(21-12-7-8-13-22-35)27(31)30(38)33(20-6-3)23-14-10-9-11-15-23/h4,6,23-27,35H,1,3,5,7-22H2,2H3/t24-,25+,26-,27?,31?/m0/s1. The minimum Gasteiger partial charge on any atom is -0.396 e. The number of thioether (sulfide) groups is 1. The summed E-state index contributed by atoms with van der Waals surface area (Å²) in [5.41, 5.74) is 0. The van der Waals surface area contributed by atoms with Crippen molar-refractivity contribution in [3.05, 3.63) is 25.3 Å². The lowest BCUT2D eigenvalue weighted by molar-refractivity contribution is -0.145. The minimum atomic E-state index is -0.537. The normalized spacial score (nSPS) is 29.9. The van der Waals surface area contributed by atoms with Crippen molar-refractivity contribution in [1.82, 2.24) is 14.7 Å². The summed E-state index contributed by atoms with van der Waals surface area (Å²) < 4.78 is -0.537. The molecule has 3 amide bonds. The molecule has 2 bridgehead atoms. The molecule has 0 aromatic carbocycles. The molecule has 7 nitrogen and oxygen atoms in total. The van der Waals surface area contributed by atoms with Gasteiger partial charge in [-0.2, -0.15) is 0 Å². The van der Waals surface area contributed by atoms with Crippen molar-refractivity contribution in [1.29, 1.82) is 0 Å². The van der Waals surface area contributed by atoms with Gasteiger partial charge in [-0.3, -0.25) is 14.4 Å². The third-order valence-corrected chi connectivity index (χ3v) is 11.4. The number of carbonyl (C=O) groups is 3. The van der Waals surface area contributed by atoms with Crippen LogP contribution >= 0.6 is 11.8 Å². The van der Waals surface area contributed by atoms with Crippen LogP contribution in [0.15, 0.2) is 25.3 Å². The Morgan fingerprint density at radius 1 is 1.05 bits per heavy atom. The molecule has 8 heteroatoms. The van der Waals surface area contributed by atoms with Crippen LogP contribution in [0, 0.1) is 11.8 Å². The molecule has 4 fully saturated rings. The molecule has 3 aliphatic heterocycles. The van der Waals surface area contributed by atoms with Gasteiger partial charge in [0.15, 0.2) is 0 Å². The number of amides is 3. The Hall–Kier alpha value is -1.80. The Morgan fingerprint density at radius 2 is 1.77 bits per heavy atom. The van der Waals surface area contributed by atoms with E-state index in [1.54, 1.807) is 17.8 Å². The zero-order valence-corrected chi connectivity index (χ0v) is 24.7. The number of likely N-dealkylation sites (tertiary alicyclic amines) is 1. The van der Waals surface area contributed by atoms with Crippen molar-refractivity contribution >= 4 is 29.5 Å². The molecule has 218 valence electrons. The number of hydrogen-bond acceptors (Lipinski definition) is 5. The molecule has 1 spiro atoms. The number of fused-ring (bicyclic) bond motifs is 1. The summed E-state index contributed by atoms with van der Waals surface area (Å²) in [5, 5.41) is 9.27. The smallest absolute Gasteiger partial charge is 0.247 e. The van der Waals surface area contributed by atoms with Gasteiger partial charge in [-0.15, -0.1) is 24.9 Å². The molecule has 1 N–H and O–H groups in total. The van der Waals surface area contributed by atoms with Gasteiger partial charge >= 0.3 is 0 Å². The van der Waals surface area contributed by atoms with Crippen LogP contribution < -0.4 is 0 Å². The van der Waals surface area contributed by atoms with E-state index in [0.717, 1.165) is 70.6 Å². The van der Waals surface area contributed by atoms with Crippen LogP contribution in [-0.4, -0.2) is 92.4 Å². The van der Waals surface area contributed by atoms with E-state index in [2.05, 4.69) is 20.1 Å². The third kappa shape index (κ3) is 5.83. The SMILES string of the molecule is C=CCN(CCC)C(=O)[C@@H]1[C@@H]2CCC3(S2)C(C(=O)N(CC=C)C2CCCCC2)N(CCCCCCO)C(=O)[C@H]13. The van der Waals surface area contributed by atoms with Gasteiger partial charge in [0.1, 0.15) is 6.04 Å². The van der Waals surface area contributed by atoms with Gasteiger partial charge in [0.05, 0.1) is 16.6 Å². The zero-order valence-electron chi connectivity index (χ0n) is 23.9. The van der Waals surface area contributed by atoms with Gasteiger partial charge in [-0.25, -0.2) is 0 Å². The largest absolute Gasteiger partial charge is 0.396 e. The molecule has 0 aromatic rings. The minimum absolute atomic E-state index is 0.000747. The molecule has 3 heterocycles. The number of hydrogen-bond donors (Lipinski definition) is 1. The lowest BCUT2D eigenvalue weighted by Crippen LogP contribution is -2.57. The van der Waals surface area contributed by atoms with Gasteiger partial charge in [0, 0.05) is 44.1 Å². The van der Waals surface area contributed by atoms with Crippen molar-refractivity contribution in [3.8, 4) is 0 Å². The Labute approximate surface area is 239 Å². The van der Waals surface area contributed by atoms with Crippen LogP contribution in [0.2, 0.25) is 0 Å². The summed E-state index contributed by atoms with van der Waals surface area (Å²) in [5.74, 6) is -0.701. The van der Waals surface area contributed by atoms with E-state index >= 15 is 0 Å². The van der Waals surface area contributed by atoms with Gasteiger partial charge in [-0.05, 0) is 44.9 Å². The van der Waals surface area contributed by atoms with Gasteiger partial charge in [0.25, 0.3) is 0 Å². The van der Waals surface area contributed by atoms with Crippen LogP contribution in [0.5, 0.6) is 0 Å². The van der Waals surface area contributed by atoms with Crippen LogP contribution in [0.1, 0.15) is 84.0 Å². The lowest BCUT2D eigenvalue weighted by atomic mass is 9.70. The number of rotatable bonds is 15. The average molecular weight is 560 g/mol. The molecular formula is C31H49N3O4S.